The first-order valence-electron chi connectivity index (χ1n) is 10.2. The van der Waals surface area contributed by atoms with Gasteiger partial charge in [-0.25, -0.2) is 9.59 Å². The summed E-state index contributed by atoms with van der Waals surface area (Å²) in [5, 5.41) is 0. The van der Waals surface area contributed by atoms with E-state index < -0.39 is 18.0 Å². The Hall–Kier alpha value is -3.22. The largest absolute Gasteiger partial charge is 0.462 e. The molecule has 156 valence electrons. The van der Waals surface area contributed by atoms with Crippen LogP contribution >= 0.6 is 0 Å². The number of esters is 2. The average Bonchev–Trinajstić information content (AvgIpc) is 3.42. The van der Waals surface area contributed by atoms with Crippen LogP contribution < -0.4 is 0 Å². The van der Waals surface area contributed by atoms with Gasteiger partial charge in [0.05, 0.1) is 17.7 Å². The second-order valence-corrected chi connectivity index (χ2v) is 7.71. The second-order valence-electron chi connectivity index (χ2n) is 7.71. The van der Waals surface area contributed by atoms with E-state index in [1.54, 1.807) is 24.8 Å². The van der Waals surface area contributed by atoms with E-state index in [0.717, 1.165) is 12.0 Å². The summed E-state index contributed by atoms with van der Waals surface area (Å²) >= 11 is 0. The SMILES string of the molecule is CCOC(=O)c1cnc(C)cc1C(=O)N1[C@@H](C(=O)OCc2ccccc2)CC2C[C@H]21. The Morgan fingerprint density at radius 2 is 1.87 bits per heavy atom. The molecule has 4 rings (SSSR count). The molecule has 0 bridgehead atoms. The summed E-state index contributed by atoms with van der Waals surface area (Å²) in [7, 11) is 0. The smallest absolute Gasteiger partial charge is 0.340 e. The van der Waals surface area contributed by atoms with Crippen molar-refractivity contribution in [3.63, 3.8) is 0 Å². The standard InChI is InChI=1S/C23H24N2O5/c1-3-29-22(27)18-12-24-14(2)9-17(18)21(26)25-19-10-16(19)11-20(25)23(28)30-13-15-7-5-4-6-8-15/h4-9,12,16,19-20H,3,10-11,13H2,1-2H3/t16?,19-,20-/m1/s1. The van der Waals surface area contributed by atoms with E-state index in [4.69, 9.17) is 9.47 Å². The highest BCUT2D eigenvalue weighted by molar-refractivity contribution is 6.06. The van der Waals surface area contributed by atoms with Crippen LogP contribution in [0.5, 0.6) is 0 Å². The molecule has 1 unspecified atom stereocenters. The number of carbonyl (C=O) groups excluding carboxylic acids is 3. The fraction of sp³-hybridized carbons (Fsp3) is 0.391. The van der Waals surface area contributed by atoms with Gasteiger partial charge in [-0.05, 0) is 44.2 Å². The first-order chi connectivity index (χ1) is 14.5. The van der Waals surface area contributed by atoms with Gasteiger partial charge in [-0.1, -0.05) is 30.3 Å². The second kappa shape index (κ2) is 8.26. The quantitative estimate of drug-likeness (QED) is 0.683. The molecule has 1 saturated heterocycles. The number of rotatable bonds is 6. The molecule has 1 saturated carbocycles. The van der Waals surface area contributed by atoms with Crippen molar-refractivity contribution in [3.8, 4) is 0 Å². The Bertz CT molecular complexity index is 975. The maximum Gasteiger partial charge on any atom is 0.340 e. The molecule has 2 heterocycles. The lowest BCUT2D eigenvalue weighted by Gasteiger charge is -2.27. The van der Waals surface area contributed by atoms with Gasteiger partial charge in [-0.2, -0.15) is 0 Å². The zero-order valence-corrected chi connectivity index (χ0v) is 17.0. The fourth-order valence-corrected chi connectivity index (χ4v) is 4.03. The molecule has 30 heavy (non-hydrogen) atoms. The predicted molar refractivity (Wildman–Crippen MR) is 108 cm³/mol. The summed E-state index contributed by atoms with van der Waals surface area (Å²) in [5.41, 5.74) is 1.84. The molecule has 1 amide bonds. The van der Waals surface area contributed by atoms with E-state index in [2.05, 4.69) is 4.98 Å². The summed E-state index contributed by atoms with van der Waals surface area (Å²) in [4.78, 5) is 44.3. The molecule has 2 aromatic rings. The number of pyridine rings is 1. The van der Waals surface area contributed by atoms with Gasteiger partial charge in [0.15, 0.2) is 0 Å². The minimum absolute atomic E-state index is 0.00953. The number of amides is 1. The van der Waals surface area contributed by atoms with E-state index in [-0.39, 0.29) is 36.3 Å². The van der Waals surface area contributed by atoms with Crippen molar-refractivity contribution in [2.45, 2.75) is 45.4 Å². The Kier molecular flexibility index (Phi) is 5.53. The number of ether oxygens (including phenoxy) is 2. The molecule has 3 atom stereocenters. The number of carbonyl (C=O) groups is 3. The Morgan fingerprint density at radius 3 is 2.60 bits per heavy atom. The third-order valence-electron chi connectivity index (χ3n) is 5.60. The van der Waals surface area contributed by atoms with Crippen LogP contribution in [-0.4, -0.2) is 46.4 Å². The van der Waals surface area contributed by atoms with Crippen molar-refractivity contribution in [1.29, 1.82) is 0 Å². The van der Waals surface area contributed by atoms with Crippen molar-refractivity contribution in [1.82, 2.24) is 9.88 Å². The number of nitrogens with zero attached hydrogens (tertiary/aromatic N) is 2. The number of benzene rings is 1. The van der Waals surface area contributed by atoms with Crippen LogP contribution in [0.25, 0.3) is 0 Å². The zero-order chi connectivity index (χ0) is 21.3. The molecule has 7 heteroatoms. The van der Waals surface area contributed by atoms with Gasteiger partial charge < -0.3 is 14.4 Å². The number of aromatic nitrogens is 1. The van der Waals surface area contributed by atoms with Crippen molar-refractivity contribution >= 4 is 17.8 Å². The third-order valence-corrected chi connectivity index (χ3v) is 5.60. The molecule has 0 radical (unpaired) electrons. The number of likely N-dealkylation sites (tertiary alicyclic amines) is 1. The first-order valence-corrected chi connectivity index (χ1v) is 10.2. The highest BCUT2D eigenvalue weighted by atomic mass is 16.5. The molecule has 0 spiro atoms. The Morgan fingerprint density at radius 1 is 1.10 bits per heavy atom. The number of hydrogen-bond donors (Lipinski definition) is 0. The van der Waals surface area contributed by atoms with E-state index in [9.17, 15) is 14.4 Å². The van der Waals surface area contributed by atoms with Crippen LogP contribution in [0.15, 0.2) is 42.6 Å². The first kappa shape index (κ1) is 20.1. The lowest BCUT2D eigenvalue weighted by atomic mass is 10.1. The number of aryl methyl sites for hydroxylation is 1. The van der Waals surface area contributed by atoms with Gasteiger partial charge in [0, 0.05) is 17.9 Å². The molecule has 0 N–H and O–H groups in total. The summed E-state index contributed by atoms with van der Waals surface area (Å²) in [6, 6.07) is 10.4. The van der Waals surface area contributed by atoms with E-state index in [1.807, 2.05) is 30.3 Å². The van der Waals surface area contributed by atoms with Crippen LogP contribution in [0.3, 0.4) is 0 Å². The van der Waals surface area contributed by atoms with Crippen LogP contribution in [0.2, 0.25) is 0 Å². The third kappa shape index (κ3) is 3.92. The van der Waals surface area contributed by atoms with E-state index in [0.29, 0.717) is 18.0 Å². The molecule has 1 aliphatic heterocycles. The predicted octanol–water partition coefficient (Wildman–Crippen LogP) is 2.91. The molecule has 1 aromatic carbocycles. The molecule has 2 fully saturated rings. The van der Waals surface area contributed by atoms with Gasteiger partial charge in [-0.3, -0.25) is 9.78 Å². The topological polar surface area (TPSA) is 85.8 Å². The highest BCUT2D eigenvalue weighted by Crippen LogP contribution is 2.48. The fourth-order valence-electron chi connectivity index (χ4n) is 4.03. The molecular weight excluding hydrogens is 384 g/mol. The van der Waals surface area contributed by atoms with Crippen molar-refractivity contribution < 1.29 is 23.9 Å². The van der Waals surface area contributed by atoms with Gasteiger partial charge in [0.2, 0.25) is 0 Å². The molecule has 2 aliphatic rings. The van der Waals surface area contributed by atoms with Crippen molar-refractivity contribution in [2.75, 3.05) is 6.61 Å². The minimum atomic E-state index is -0.645. The van der Waals surface area contributed by atoms with Crippen molar-refractivity contribution in [3.05, 3.63) is 65.0 Å². The average molecular weight is 408 g/mol. The molecular formula is C23H24N2O5. The molecule has 1 aromatic heterocycles. The number of hydrogen-bond acceptors (Lipinski definition) is 6. The number of fused-ring (bicyclic) bond motifs is 1. The van der Waals surface area contributed by atoms with Crippen LogP contribution in [0, 0.1) is 12.8 Å². The van der Waals surface area contributed by atoms with Gasteiger partial charge in [0.1, 0.15) is 12.6 Å². The van der Waals surface area contributed by atoms with Crippen LogP contribution in [0.1, 0.15) is 51.7 Å². The van der Waals surface area contributed by atoms with E-state index in [1.165, 1.54) is 6.20 Å². The normalized spacial score (nSPS) is 21.7. The van der Waals surface area contributed by atoms with E-state index >= 15 is 0 Å². The summed E-state index contributed by atoms with van der Waals surface area (Å²) in [6.07, 6.45) is 2.82. The lowest BCUT2D eigenvalue weighted by molar-refractivity contribution is -0.150. The Labute approximate surface area is 175 Å². The maximum atomic E-state index is 13.4. The van der Waals surface area contributed by atoms with Gasteiger partial charge in [0.25, 0.3) is 5.91 Å². The number of piperidine rings is 1. The summed E-state index contributed by atoms with van der Waals surface area (Å²) in [5.74, 6) is -1.06. The Balaban J connectivity index is 1.55. The summed E-state index contributed by atoms with van der Waals surface area (Å²) < 4.78 is 10.6. The minimum Gasteiger partial charge on any atom is -0.462 e. The van der Waals surface area contributed by atoms with Crippen LogP contribution in [0.4, 0.5) is 0 Å². The lowest BCUT2D eigenvalue weighted by Crippen LogP contribution is -2.44. The highest BCUT2D eigenvalue weighted by Gasteiger charge is 2.57. The van der Waals surface area contributed by atoms with Crippen LogP contribution in [-0.2, 0) is 20.9 Å². The maximum absolute atomic E-state index is 13.4. The monoisotopic (exact) mass is 408 g/mol. The zero-order valence-electron chi connectivity index (χ0n) is 17.0. The van der Waals surface area contributed by atoms with Crippen molar-refractivity contribution in [2.24, 2.45) is 5.92 Å². The molecule has 1 aliphatic carbocycles. The summed E-state index contributed by atoms with van der Waals surface area (Å²) in [6.45, 7) is 3.81. The molecule has 7 nitrogen and oxygen atoms in total. The van der Waals surface area contributed by atoms with Gasteiger partial charge in [-0.15, -0.1) is 0 Å². The van der Waals surface area contributed by atoms with Gasteiger partial charge >= 0.3 is 11.9 Å².